The van der Waals surface area contributed by atoms with Crippen LogP contribution in [0.1, 0.15) is 71.1 Å². The highest BCUT2D eigenvalue weighted by molar-refractivity contribution is 5.01. The van der Waals surface area contributed by atoms with E-state index in [2.05, 4.69) is 6.92 Å². The van der Waals surface area contributed by atoms with Crippen LogP contribution in [0, 0.1) is 5.92 Å². The van der Waals surface area contributed by atoms with Gasteiger partial charge in [-0.25, -0.2) is 0 Å². The Labute approximate surface area is 123 Å². The Morgan fingerprint density at radius 1 is 1.15 bits per heavy atom. The molecule has 3 fully saturated rings. The van der Waals surface area contributed by atoms with E-state index < -0.39 is 0 Å². The molecule has 116 valence electrons. The molecule has 0 aromatic carbocycles. The molecule has 1 N–H and O–H groups in total. The van der Waals surface area contributed by atoms with Gasteiger partial charge in [0.05, 0.1) is 17.3 Å². The van der Waals surface area contributed by atoms with Crippen LogP contribution >= 0.6 is 0 Å². The first-order valence-electron chi connectivity index (χ1n) is 8.66. The van der Waals surface area contributed by atoms with Crippen molar-refractivity contribution >= 4 is 0 Å². The van der Waals surface area contributed by atoms with Crippen LogP contribution in [0.15, 0.2) is 0 Å². The van der Waals surface area contributed by atoms with Crippen molar-refractivity contribution in [3.63, 3.8) is 0 Å². The van der Waals surface area contributed by atoms with Crippen LogP contribution in [0.2, 0.25) is 0 Å². The predicted molar refractivity (Wildman–Crippen MR) is 78.7 cm³/mol. The maximum Gasteiger partial charge on any atom is 0.0942 e. The summed E-state index contributed by atoms with van der Waals surface area (Å²) in [7, 11) is 0. The van der Waals surface area contributed by atoms with E-state index in [9.17, 15) is 5.11 Å². The fraction of sp³-hybridized carbons (Fsp3) is 1.00. The van der Waals surface area contributed by atoms with Gasteiger partial charge in [-0.2, -0.15) is 0 Å². The second-order valence-electron chi connectivity index (χ2n) is 7.14. The molecular weight excluding hydrogens is 252 g/mol. The standard InChI is InChI=1S/C17H30O3/c1-2-19-17(10-4-3-5-11-17)15(18)14-7-12-20-16(13-14)8-6-9-16/h14-15,18H,2-13H2,1H3. The van der Waals surface area contributed by atoms with Crippen molar-refractivity contribution in [3.05, 3.63) is 0 Å². The number of ether oxygens (including phenoxy) is 2. The van der Waals surface area contributed by atoms with Crippen LogP contribution in [0.25, 0.3) is 0 Å². The minimum Gasteiger partial charge on any atom is -0.390 e. The lowest BCUT2D eigenvalue weighted by molar-refractivity contribution is -0.200. The highest BCUT2D eigenvalue weighted by Crippen LogP contribution is 2.48. The molecule has 0 bridgehead atoms. The number of hydrogen-bond donors (Lipinski definition) is 1. The molecule has 1 heterocycles. The summed E-state index contributed by atoms with van der Waals surface area (Å²) in [5.41, 5.74) is -0.147. The molecule has 3 nitrogen and oxygen atoms in total. The second kappa shape index (κ2) is 5.94. The Bertz CT molecular complexity index is 313. The van der Waals surface area contributed by atoms with Crippen molar-refractivity contribution in [2.75, 3.05) is 13.2 Å². The highest BCUT2D eigenvalue weighted by atomic mass is 16.5. The first-order valence-corrected chi connectivity index (χ1v) is 8.66. The summed E-state index contributed by atoms with van der Waals surface area (Å²) in [4.78, 5) is 0. The summed E-state index contributed by atoms with van der Waals surface area (Å²) in [5.74, 6) is 0.369. The Balaban J connectivity index is 1.70. The largest absolute Gasteiger partial charge is 0.390 e. The average molecular weight is 282 g/mol. The van der Waals surface area contributed by atoms with Crippen LogP contribution in [0.3, 0.4) is 0 Å². The molecule has 1 aliphatic heterocycles. The lowest BCUT2D eigenvalue weighted by atomic mass is 9.67. The Morgan fingerprint density at radius 3 is 2.50 bits per heavy atom. The number of rotatable bonds is 4. The third-order valence-corrected chi connectivity index (χ3v) is 5.91. The third kappa shape index (κ3) is 2.65. The van der Waals surface area contributed by atoms with Crippen LogP contribution in [0.4, 0.5) is 0 Å². The quantitative estimate of drug-likeness (QED) is 0.858. The van der Waals surface area contributed by atoms with Crippen molar-refractivity contribution in [2.45, 2.75) is 88.4 Å². The van der Waals surface area contributed by atoms with Crippen LogP contribution in [0.5, 0.6) is 0 Å². The fourth-order valence-corrected chi connectivity index (χ4v) is 4.65. The minimum absolute atomic E-state index is 0.117. The normalized spacial score (nSPS) is 33.6. The van der Waals surface area contributed by atoms with E-state index in [-0.39, 0.29) is 17.3 Å². The molecule has 0 aromatic heterocycles. The lowest BCUT2D eigenvalue weighted by Crippen LogP contribution is -2.55. The molecule has 3 rings (SSSR count). The van der Waals surface area contributed by atoms with E-state index in [4.69, 9.17) is 9.47 Å². The maximum absolute atomic E-state index is 11.1. The summed E-state index contributed by atoms with van der Waals surface area (Å²) in [6.45, 7) is 3.59. The van der Waals surface area contributed by atoms with Gasteiger partial charge in [-0.05, 0) is 57.8 Å². The van der Waals surface area contributed by atoms with Gasteiger partial charge < -0.3 is 14.6 Å². The third-order valence-electron chi connectivity index (χ3n) is 5.91. The Hall–Kier alpha value is -0.120. The average Bonchev–Trinajstić information content (AvgIpc) is 2.46. The summed E-state index contributed by atoms with van der Waals surface area (Å²) in [5, 5.41) is 11.1. The van der Waals surface area contributed by atoms with Crippen molar-refractivity contribution in [1.29, 1.82) is 0 Å². The number of aliphatic hydroxyl groups excluding tert-OH is 1. The zero-order chi connectivity index (χ0) is 14.1. The molecule has 2 aliphatic carbocycles. The molecular formula is C17H30O3. The van der Waals surface area contributed by atoms with Gasteiger partial charge in [0.1, 0.15) is 0 Å². The first kappa shape index (κ1) is 14.8. The molecule has 2 atom stereocenters. The van der Waals surface area contributed by atoms with Crippen molar-refractivity contribution in [1.82, 2.24) is 0 Å². The number of aliphatic hydroxyl groups is 1. The van der Waals surface area contributed by atoms with Crippen LogP contribution in [-0.2, 0) is 9.47 Å². The minimum atomic E-state index is -0.302. The molecule has 0 aromatic rings. The van der Waals surface area contributed by atoms with Gasteiger partial charge in [0.15, 0.2) is 0 Å². The molecule has 2 unspecified atom stereocenters. The van der Waals surface area contributed by atoms with E-state index in [1.807, 2.05) is 0 Å². The zero-order valence-corrected chi connectivity index (χ0v) is 12.9. The van der Waals surface area contributed by atoms with Gasteiger partial charge in [-0.3, -0.25) is 0 Å². The maximum atomic E-state index is 11.1. The van der Waals surface area contributed by atoms with Gasteiger partial charge in [-0.15, -0.1) is 0 Å². The zero-order valence-electron chi connectivity index (χ0n) is 12.9. The molecule has 20 heavy (non-hydrogen) atoms. The van der Waals surface area contributed by atoms with Gasteiger partial charge in [0.25, 0.3) is 0 Å². The summed E-state index contributed by atoms with van der Waals surface area (Å²) in [6, 6.07) is 0. The van der Waals surface area contributed by atoms with Crippen molar-refractivity contribution < 1.29 is 14.6 Å². The first-order chi connectivity index (χ1) is 9.70. The highest BCUT2D eigenvalue weighted by Gasteiger charge is 2.49. The van der Waals surface area contributed by atoms with E-state index >= 15 is 0 Å². The van der Waals surface area contributed by atoms with Crippen LogP contribution in [-0.4, -0.2) is 35.6 Å². The number of hydrogen-bond acceptors (Lipinski definition) is 3. The SMILES string of the molecule is CCOC1(C(O)C2CCOC3(CCC3)C2)CCCCC1. The molecule has 3 aliphatic rings. The smallest absolute Gasteiger partial charge is 0.0942 e. The van der Waals surface area contributed by atoms with Gasteiger partial charge in [0.2, 0.25) is 0 Å². The monoisotopic (exact) mass is 282 g/mol. The summed E-state index contributed by atoms with van der Waals surface area (Å²) in [6.07, 6.45) is 11.2. The van der Waals surface area contributed by atoms with Crippen LogP contribution < -0.4 is 0 Å². The molecule has 0 radical (unpaired) electrons. The van der Waals surface area contributed by atoms with Crippen molar-refractivity contribution in [3.8, 4) is 0 Å². The summed E-state index contributed by atoms with van der Waals surface area (Å²) >= 11 is 0. The van der Waals surface area contributed by atoms with Crippen molar-refractivity contribution in [2.24, 2.45) is 5.92 Å². The summed E-state index contributed by atoms with van der Waals surface area (Å²) < 4.78 is 12.1. The molecule has 0 amide bonds. The second-order valence-corrected chi connectivity index (χ2v) is 7.14. The van der Waals surface area contributed by atoms with Gasteiger partial charge in [0, 0.05) is 13.2 Å². The van der Waals surface area contributed by atoms with E-state index in [0.29, 0.717) is 12.5 Å². The molecule has 1 saturated heterocycles. The predicted octanol–water partition coefficient (Wildman–Crippen LogP) is 3.44. The lowest BCUT2D eigenvalue weighted by Gasteiger charge is -2.51. The Morgan fingerprint density at radius 2 is 1.90 bits per heavy atom. The fourth-order valence-electron chi connectivity index (χ4n) is 4.65. The molecule has 1 spiro atoms. The molecule has 3 heteroatoms. The topological polar surface area (TPSA) is 38.7 Å². The van der Waals surface area contributed by atoms with E-state index in [0.717, 1.165) is 32.3 Å². The van der Waals surface area contributed by atoms with E-state index in [1.54, 1.807) is 0 Å². The van der Waals surface area contributed by atoms with Gasteiger partial charge in [-0.1, -0.05) is 19.3 Å². The van der Waals surface area contributed by atoms with E-state index in [1.165, 1.54) is 38.5 Å². The Kier molecular flexibility index (Phi) is 4.40. The molecule has 2 saturated carbocycles. The van der Waals surface area contributed by atoms with Gasteiger partial charge >= 0.3 is 0 Å².